The van der Waals surface area contributed by atoms with Crippen LogP contribution in [0.15, 0.2) is 24.3 Å². The minimum atomic E-state index is -3.66. The summed E-state index contributed by atoms with van der Waals surface area (Å²) in [6, 6.07) is 4.57. The van der Waals surface area contributed by atoms with Gasteiger partial charge < -0.3 is 19.0 Å². The molecular weight excluding hydrogens is 362 g/mol. The highest BCUT2D eigenvalue weighted by molar-refractivity contribution is 7.86. The third-order valence-electron chi connectivity index (χ3n) is 2.71. The van der Waals surface area contributed by atoms with Crippen LogP contribution >= 0.6 is 0 Å². The molecule has 0 radical (unpaired) electrons. The molecule has 1 unspecified atom stereocenters. The van der Waals surface area contributed by atoms with Crippen LogP contribution in [-0.2, 0) is 24.4 Å². The second-order valence-corrected chi connectivity index (χ2v) is 8.50. The highest BCUT2D eigenvalue weighted by Crippen LogP contribution is 2.21. The molecule has 0 aliphatic heterocycles. The first-order valence-corrected chi connectivity index (χ1v) is 9.78. The predicted molar refractivity (Wildman–Crippen MR) is 95.3 cm³/mol. The van der Waals surface area contributed by atoms with E-state index in [4.69, 9.17) is 13.7 Å². The standard InChI is InChI=1S/C17H25NO7S/c1-11(2)23-15(19)14(18-16(20)24-17(3,4)5)12-7-9-13(10-8-12)25-26(6,21)22/h7-11,14H,1-6H3,(H,18,20). The van der Waals surface area contributed by atoms with Gasteiger partial charge in [0.15, 0.2) is 6.04 Å². The summed E-state index contributed by atoms with van der Waals surface area (Å²) in [7, 11) is -3.66. The van der Waals surface area contributed by atoms with Crippen molar-refractivity contribution in [3.63, 3.8) is 0 Å². The number of benzene rings is 1. The van der Waals surface area contributed by atoms with Crippen LogP contribution in [0.3, 0.4) is 0 Å². The second kappa shape index (κ2) is 8.39. The number of hydrogen-bond acceptors (Lipinski definition) is 7. The number of amides is 1. The maximum absolute atomic E-state index is 12.3. The minimum absolute atomic E-state index is 0.0875. The van der Waals surface area contributed by atoms with Crippen molar-refractivity contribution in [1.82, 2.24) is 5.32 Å². The zero-order valence-corrected chi connectivity index (χ0v) is 16.5. The molecule has 0 saturated heterocycles. The first-order valence-electron chi connectivity index (χ1n) is 7.96. The summed E-state index contributed by atoms with van der Waals surface area (Å²) >= 11 is 0. The van der Waals surface area contributed by atoms with E-state index in [1.165, 1.54) is 24.3 Å². The SMILES string of the molecule is CC(C)OC(=O)C(NC(=O)OC(C)(C)C)c1ccc(OS(C)(=O)=O)cc1. The lowest BCUT2D eigenvalue weighted by Gasteiger charge is -2.23. The second-order valence-electron chi connectivity index (χ2n) is 6.92. The Morgan fingerprint density at radius 2 is 1.62 bits per heavy atom. The lowest BCUT2D eigenvalue weighted by atomic mass is 10.1. The number of esters is 1. The third-order valence-corrected chi connectivity index (χ3v) is 3.20. The van der Waals surface area contributed by atoms with Gasteiger partial charge in [-0.05, 0) is 52.3 Å². The largest absolute Gasteiger partial charge is 0.461 e. The molecule has 9 heteroatoms. The molecule has 1 aromatic carbocycles. The Labute approximate surface area is 153 Å². The molecule has 26 heavy (non-hydrogen) atoms. The molecule has 0 aromatic heterocycles. The fraction of sp³-hybridized carbons (Fsp3) is 0.529. The molecule has 146 valence electrons. The molecule has 1 rings (SSSR count). The van der Waals surface area contributed by atoms with Crippen LogP contribution in [-0.4, -0.2) is 38.4 Å². The maximum Gasteiger partial charge on any atom is 0.408 e. The Hall–Kier alpha value is -2.29. The lowest BCUT2D eigenvalue weighted by molar-refractivity contribution is -0.150. The molecule has 0 aliphatic rings. The van der Waals surface area contributed by atoms with E-state index in [2.05, 4.69) is 5.32 Å². The van der Waals surface area contributed by atoms with E-state index >= 15 is 0 Å². The molecule has 1 aromatic rings. The minimum Gasteiger partial charge on any atom is -0.461 e. The van der Waals surface area contributed by atoms with Gasteiger partial charge in [-0.3, -0.25) is 0 Å². The topological polar surface area (TPSA) is 108 Å². The summed E-state index contributed by atoms with van der Waals surface area (Å²) in [5.74, 6) is -0.577. The van der Waals surface area contributed by atoms with Crippen molar-refractivity contribution in [2.24, 2.45) is 0 Å². The van der Waals surface area contributed by atoms with Gasteiger partial charge in [0.25, 0.3) is 0 Å². The van der Waals surface area contributed by atoms with Crippen LogP contribution in [0.25, 0.3) is 0 Å². The summed E-state index contributed by atoms with van der Waals surface area (Å²) in [6.07, 6.45) is -0.230. The highest BCUT2D eigenvalue weighted by atomic mass is 32.2. The highest BCUT2D eigenvalue weighted by Gasteiger charge is 2.27. The number of hydrogen-bond donors (Lipinski definition) is 1. The van der Waals surface area contributed by atoms with Gasteiger partial charge in [-0.25, -0.2) is 9.59 Å². The molecule has 1 N–H and O–H groups in total. The number of carbonyl (C=O) groups is 2. The molecule has 8 nitrogen and oxygen atoms in total. The van der Waals surface area contributed by atoms with E-state index in [1.807, 2.05) is 0 Å². The maximum atomic E-state index is 12.3. The predicted octanol–water partition coefficient (Wildman–Crippen LogP) is 2.54. The first kappa shape index (κ1) is 21.8. The third kappa shape index (κ3) is 8.19. The van der Waals surface area contributed by atoms with Crippen LogP contribution in [0.1, 0.15) is 46.2 Å². The van der Waals surface area contributed by atoms with Crippen molar-refractivity contribution >= 4 is 22.2 Å². The fourth-order valence-corrected chi connectivity index (χ4v) is 2.36. The summed E-state index contributed by atoms with van der Waals surface area (Å²) in [4.78, 5) is 24.4. The van der Waals surface area contributed by atoms with Gasteiger partial charge in [-0.1, -0.05) is 12.1 Å². The summed E-state index contributed by atoms with van der Waals surface area (Å²) < 4.78 is 37.4. The Bertz CT molecular complexity index is 733. The average molecular weight is 387 g/mol. The lowest BCUT2D eigenvalue weighted by Crippen LogP contribution is -2.39. The quantitative estimate of drug-likeness (QED) is 0.590. The van der Waals surface area contributed by atoms with Crippen molar-refractivity contribution in [2.75, 3.05) is 6.26 Å². The zero-order valence-electron chi connectivity index (χ0n) is 15.7. The molecular formula is C17H25NO7S. The van der Waals surface area contributed by atoms with E-state index in [9.17, 15) is 18.0 Å². The summed E-state index contributed by atoms with van der Waals surface area (Å²) in [6.45, 7) is 8.47. The Balaban J connectivity index is 3.04. The van der Waals surface area contributed by atoms with Gasteiger partial charge in [0, 0.05) is 0 Å². The van der Waals surface area contributed by atoms with Gasteiger partial charge in [0.2, 0.25) is 0 Å². The van der Waals surface area contributed by atoms with Gasteiger partial charge in [0.1, 0.15) is 11.4 Å². The van der Waals surface area contributed by atoms with Crippen molar-refractivity contribution in [3.05, 3.63) is 29.8 Å². The van der Waals surface area contributed by atoms with Gasteiger partial charge in [0.05, 0.1) is 12.4 Å². The van der Waals surface area contributed by atoms with Gasteiger partial charge in [-0.2, -0.15) is 8.42 Å². The van der Waals surface area contributed by atoms with Crippen molar-refractivity contribution in [1.29, 1.82) is 0 Å². The molecule has 0 spiro atoms. The molecule has 0 heterocycles. The van der Waals surface area contributed by atoms with Crippen LogP contribution in [0, 0.1) is 0 Å². The fourth-order valence-electron chi connectivity index (χ4n) is 1.89. The molecule has 0 aliphatic carbocycles. The molecule has 0 fully saturated rings. The van der Waals surface area contributed by atoms with E-state index in [-0.39, 0.29) is 11.9 Å². The Kier molecular flexibility index (Phi) is 7.02. The molecule has 0 bridgehead atoms. The van der Waals surface area contributed by atoms with Crippen LogP contribution < -0.4 is 9.50 Å². The molecule has 0 saturated carbocycles. The monoisotopic (exact) mass is 387 g/mol. The van der Waals surface area contributed by atoms with Gasteiger partial charge >= 0.3 is 22.2 Å². The van der Waals surface area contributed by atoms with E-state index < -0.39 is 33.8 Å². The number of alkyl carbamates (subject to hydrolysis) is 1. The smallest absolute Gasteiger partial charge is 0.408 e. The van der Waals surface area contributed by atoms with Crippen molar-refractivity contribution in [3.8, 4) is 5.75 Å². The van der Waals surface area contributed by atoms with Crippen LogP contribution in [0.5, 0.6) is 5.75 Å². The summed E-state index contributed by atoms with van der Waals surface area (Å²) in [5, 5.41) is 2.47. The Morgan fingerprint density at radius 3 is 2.04 bits per heavy atom. The van der Waals surface area contributed by atoms with Crippen LogP contribution in [0.4, 0.5) is 4.79 Å². The van der Waals surface area contributed by atoms with E-state index in [0.717, 1.165) is 6.26 Å². The van der Waals surface area contributed by atoms with Gasteiger partial charge in [-0.15, -0.1) is 0 Å². The number of carbonyl (C=O) groups excluding carboxylic acids is 2. The Morgan fingerprint density at radius 1 is 1.08 bits per heavy atom. The van der Waals surface area contributed by atoms with Crippen LogP contribution in [0.2, 0.25) is 0 Å². The average Bonchev–Trinajstić information content (AvgIpc) is 2.41. The van der Waals surface area contributed by atoms with Crippen molar-refractivity contribution < 1.29 is 31.7 Å². The molecule has 1 amide bonds. The summed E-state index contributed by atoms with van der Waals surface area (Å²) in [5.41, 5.74) is -0.341. The first-order chi connectivity index (χ1) is 11.8. The van der Waals surface area contributed by atoms with E-state index in [1.54, 1.807) is 34.6 Å². The zero-order chi connectivity index (χ0) is 20.1. The number of nitrogens with one attached hydrogen (secondary N) is 1. The van der Waals surface area contributed by atoms with Crippen molar-refractivity contribution in [2.45, 2.75) is 52.4 Å². The van der Waals surface area contributed by atoms with E-state index in [0.29, 0.717) is 5.56 Å². The molecule has 1 atom stereocenters. The number of rotatable bonds is 6. The number of ether oxygens (including phenoxy) is 2. The normalized spacial score (nSPS) is 13.0.